The number of nitrogens with zero attached hydrogens (tertiary/aromatic N) is 3. The molecule has 0 aliphatic carbocycles. The first-order valence-electron chi connectivity index (χ1n) is 12.2. The summed E-state index contributed by atoms with van der Waals surface area (Å²) in [6.07, 6.45) is 16.1. The summed E-state index contributed by atoms with van der Waals surface area (Å²) in [4.78, 5) is 12.8. The highest BCUT2D eigenvalue weighted by atomic mass is 19.1. The molecule has 0 spiro atoms. The van der Waals surface area contributed by atoms with Gasteiger partial charge in [0.05, 0.1) is 11.9 Å². The Labute approximate surface area is 223 Å². The number of hydrogen-bond acceptors (Lipinski definition) is 5. The van der Waals surface area contributed by atoms with E-state index < -0.39 is 5.67 Å². The van der Waals surface area contributed by atoms with Crippen LogP contribution in [0.5, 0.6) is 0 Å². The molecular formula is C31H33F2N5. The lowest BCUT2D eigenvalue weighted by molar-refractivity contribution is 0.221. The van der Waals surface area contributed by atoms with Crippen molar-refractivity contribution in [2.75, 3.05) is 10.6 Å². The summed E-state index contributed by atoms with van der Waals surface area (Å²) < 4.78 is 29.2. The van der Waals surface area contributed by atoms with Gasteiger partial charge in [0.15, 0.2) is 0 Å². The van der Waals surface area contributed by atoms with Gasteiger partial charge >= 0.3 is 0 Å². The van der Waals surface area contributed by atoms with Gasteiger partial charge in [0.25, 0.3) is 0 Å². The standard InChI is InChI=1S/C31H33F2N5/c1-7-9-10-11-21(3)29(8-2)38-30-35-17-25(18-36-30)23-12-13-24(28(32)15-23)14-22(4)37-27-16-26(19-34-20-27)31(5,6)33/h7-13,15-20,37H,2,4,14H2,1,3,5-6H3,(H,35,36,38)/b9-7-,11-10-,29-21-. The van der Waals surface area contributed by atoms with E-state index >= 15 is 0 Å². The monoisotopic (exact) mass is 513 g/mol. The van der Waals surface area contributed by atoms with Gasteiger partial charge in [0.2, 0.25) is 5.95 Å². The molecule has 1 aromatic carbocycles. The summed E-state index contributed by atoms with van der Waals surface area (Å²) >= 11 is 0. The van der Waals surface area contributed by atoms with Crippen molar-refractivity contribution in [2.24, 2.45) is 0 Å². The zero-order valence-corrected chi connectivity index (χ0v) is 22.2. The topological polar surface area (TPSA) is 62.7 Å². The van der Waals surface area contributed by atoms with Gasteiger partial charge in [-0.1, -0.05) is 49.6 Å². The molecule has 0 aliphatic rings. The van der Waals surface area contributed by atoms with Crippen LogP contribution in [0.2, 0.25) is 0 Å². The lowest BCUT2D eigenvalue weighted by atomic mass is 10.0. The molecule has 0 fully saturated rings. The third-order valence-corrected chi connectivity index (χ3v) is 5.71. The molecule has 0 bridgehead atoms. The quantitative estimate of drug-likeness (QED) is 0.254. The lowest BCUT2D eigenvalue weighted by Gasteiger charge is -2.16. The molecule has 5 nitrogen and oxygen atoms in total. The Morgan fingerprint density at radius 3 is 2.39 bits per heavy atom. The maximum Gasteiger partial charge on any atom is 0.227 e. The van der Waals surface area contributed by atoms with E-state index in [9.17, 15) is 8.78 Å². The highest BCUT2D eigenvalue weighted by Gasteiger charge is 2.19. The van der Waals surface area contributed by atoms with Crippen LogP contribution in [0.1, 0.15) is 38.8 Å². The smallest absolute Gasteiger partial charge is 0.227 e. The van der Waals surface area contributed by atoms with Crippen LogP contribution < -0.4 is 10.6 Å². The predicted molar refractivity (Wildman–Crippen MR) is 153 cm³/mol. The largest absolute Gasteiger partial charge is 0.358 e. The van der Waals surface area contributed by atoms with Gasteiger partial charge in [0.1, 0.15) is 11.5 Å². The van der Waals surface area contributed by atoms with Crippen molar-refractivity contribution in [2.45, 2.75) is 39.8 Å². The fourth-order valence-corrected chi connectivity index (χ4v) is 3.56. The summed E-state index contributed by atoms with van der Waals surface area (Å²) in [5, 5.41) is 6.25. The van der Waals surface area contributed by atoms with Crippen molar-refractivity contribution in [3.63, 3.8) is 0 Å². The van der Waals surface area contributed by atoms with E-state index in [1.54, 1.807) is 36.8 Å². The number of pyridine rings is 1. The highest BCUT2D eigenvalue weighted by Crippen LogP contribution is 2.27. The number of allylic oxidation sites excluding steroid dienone is 7. The first-order chi connectivity index (χ1) is 18.1. The van der Waals surface area contributed by atoms with Crippen LogP contribution in [0.25, 0.3) is 11.1 Å². The zero-order valence-electron chi connectivity index (χ0n) is 22.2. The van der Waals surface area contributed by atoms with Gasteiger partial charge in [-0.25, -0.2) is 18.7 Å². The molecule has 0 saturated heterocycles. The average Bonchev–Trinajstić information content (AvgIpc) is 2.88. The van der Waals surface area contributed by atoms with Crippen LogP contribution in [0.4, 0.5) is 20.4 Å². The zero-order chi connectivity index (χ0) is 27.7. The predicted octanol–water partition coefficient (Wildman–Crippen LogP) is 8.05. The number of anilines is 2. The third-order valence-electron chi connectivity index (χ3n) is 5.71. The van der Waals surface area contributed by atoms with Crippen LogP contribution in [-0.4, -0.2) is 15.0 Å². The first-order valence-corrected chi connectivity index (χ1v) is 12.2. The van der Waals surface area contributed by atoms with E-state index in [2.05, 4.69) is 38.7 Å². The van der Waals surface area contributed by atoms with Gasteiger partial charge in [-0.05, 0) is 62.6 Å². The molecule has 2 aromatic heterocycles. The van der Waals surface area contributed by atoms with E-state index in [1.807, 2.05) is 44.2 Å². The second-order valence-corrected chi connectivity index (χ2v) is 9.25. The number of hydrogen-bond donors (Lipinski definition) is 2. The molecule has 196 valence electrons. The summed E-state index contributed by atoms with van der Waals surface area (Å²) in [6.45, 7) is 14.7. The molecule has 0 radical (unpaired) electrons. The van der Waals surface area contributed by atoms with E-state index in [0.717, 1.165) is 11.3 Å². The van der Waals surface area contributed by atoms with E-state index in [0.29, 0.717) is 39.6 Å². The van der Waals surface area contributed by atoms with Crippen LogP contribution in [0.3, 0.4) is 0 Å². The minimum atomic E-state index is -1.51. The van der Waals surface area contributed by atoms with Crippen molar-refractivity contribution in [3.05, 3.63) is 127 Å². The minimum Gasteiger partial charge on any atom is -0.358 e. The fraction of sp³-hybridized carbons (Fsp3) is 0.194. The number of rotatable bonds is 11. The number of alkyl halides is 1. The Bertz CT molecular complexity index is 1380. The van der Waals surface area contributed by atoms with Crippen LogP contribution >= 0.6 is 0 Å². The van der Waals surface area contributed by atoms with E-state index in [1.165, 1.54) is 26.1 Å². The molecule has 0 unspecified atom stereocenters. The second-order valence-electron chi connectivity index (χ2n) is 9.25. The minimum absolute atomic E-state index is 0.257. The maximum atomic E-state index is 15.0. The van der Waals surface area contributed by atoms with Gasteiger partial charge in [-0.2, -0.15) is 0 Å². The van der Waals surface area contributed by atoms with E-state index in [4.69, 9.17) is 0 Å². The summed E-state index contributed by atoms with van der Waals surface area (Å²) in [5.74, 6) is 0.0430. The molecule has 0 amide bonds. The Balaban J connectivity index is 1.68. The molecule has 7 heteroatoms. The van der Waals surface area contributed by atoms with Gasteiger partial charge in [0, 0.05) is 47.5 Å². The molecule has 2 heterocycles. The fourth-order valence-electron chi connectivity index (χ4n) is 3.56. The molecular weight excluding hydrogens is 480 g/mol. The Morgan fingerprint density at radius 1 is 1.03 bits per heavy atom. The Hall–Kier alpha value is -4.39. The maximum absolute atomic E-state index is 15.0. The van der Waals surface area contributed by atoms with Crippen LogP contribution in [0, 0.1) is 5.82 Å². The van der Waals surface area contributed by atoms with Crippen molar-refractivity contribution in [3.8, 4) is 11.1 Å². The number of aromatic nitrogens is 3. The normalized spacial score (nSPS) is 12.5. The van der Waals surface area contributed by atoms with Crippen molar-refractivity contribution >= 4 is 11.6 Å². The molecule has 0 aliphatic heterocycles. The van der Waals surface area contributed by atoms with Crippen molar-refractivity contribution < 1.29 is 8.78 Å². The Morgan fingerprint density at radius 2 is 1.76 bits per heavy atom. The molecule has 0 saturated carbocycles. The first kappa shape index (κ1) is 28.2. The van der Waals surface area contributed by atoms with Gasteiger partial charge in [-0.3, -0.25) is 4.98 Å². The summed E-state index contributed by atoms with van der Waals surface area (Å²) in [5.41, 5.74) is 3.68. The molecule has 3 rings (SSSR count). The van der Waals surface area contributed by atoms with Gasteiger partial charge < -0.3 is 10.6 Å². The molecule has 38 heavy (non-hydrogen) atoms. The van der Waals surface area contributed by atoms with Crippen LogP contribution in [-0.2, 0) is 12.1 Å². The molecule has 3 aromatic rings. The number of halogens is 2. The SMILES string of the molecule is C=C/C(Nc1ncc(-c2ccc(CC(=C)Nc3cncc(C(C)(C)F)c3)c(F)c2)cn1)=C(C)/C=C\C=C/C. The lowest BCUT2D eigenvalue weighted by Crippen LogP contribution is -2.11. The summed E-state index contributed by atoms with van der Waals surface area (Å²) in [7, 11) is 0. The van der Waals surface area contributed by atoms with Crippen molar-refractivity contribution in [1.29, 1.82) is 0 Å². The molecule has 0 atom stereocenters. The third kappa shape index (κ3) is 7.80. The Kier molecular flexibility index (Phi) is 9.44. The highest BCUT2D eigenvalue weighted by molar-refractivity contribution is 5.63. The number of benzene rings is 1. The summed E-state index contributed by atoms with van der Waals surface area (Å²) in [6, 6.07) is 6.65. The second kappa shape index (κ2) is 12.7. The van der Waals surface area contributed by atoms with Crippen molar-refractivity contribution in [1.82, 2.24) is 15.0 Å². The average molecular weight is 514 g/mol. The van der Waals surface area contributed by atoms with Crippen LogP contribution in [0.15, 0.2) is 110 Å². The molecule has 2 N–H and O–H groups in total. The number of nitrogens with one attached hydrogen (secondary N) is 2. The van der Waals surface area contributed by atoms with Gasteiger partial charge in [-0.15, -0.1) is 0 Å². The van der Waals surface area contributed by atoms with E-state index in [-0.39, 0.29) is 12.2 Å².